The fourth-order valence-electron chi connectivity index (χ4n) is 1.30. The molecular weight excluding hydrogens is 311 g/mol. The third kappa shape index (κ3) is 5.87. The second kappa shape index (κ2) is 8.48. The summed E-state index contributed by atoms with van der Waals surface area (Å²) in [6, 6.07) is 2.96. The molecule has 0 fully saturated rings. The van der Waals surface area contributed by atoms with E-state index < -0.39 is 0 Å². The van der Waals surface area contributed by atoms with E-state index in [1.165, 1.54) is 12.1 Å². The van der Waals surface area contributed by atoms with Gasteiger partial charge < -0.3 is 15.4 Å². The first kappa shape index (κ1) is 16.4. The zero-order valence-corrected chi connectivity index (χ0v) is 12.7. The van der Waals surface area contributed by atoms with E-state index in [4.69, 9.17) is 39.5 Å². The van der Waals surface area contributed by atoms with Crippen LogP contribution in [-0.2, 0) is 4.79 Å². The highest BCUT2D eigenvalue weighted by Gasteiger charge is 2.09. The molecule has 0 aliphatic rings. The lowest BCUT2D eigenvalue weighted by Crippen LogP contribution is -2.31. The minimum atomic E-state index is -0.210. The van der Waals surface area contributed by atoms with Crippen molar-refractivity contribution in [3.8, 4) is 5.75 Å². The van der Waals surface area contributed by atoms with E-state index in [2.05, 4.69) is 10.6 Å². The fourth-order valence-corrected chi connectivity index (χ4v) is 1.89. The molecule has 106 valence electrons. The molecule has 1 aromatic rings. The van der Waals surface area contributed by atoms with Crippen LogP contribution >= 0.6 is 34.8 Å². The van der Waals surface area contributed by atoms with Gasteiger partial charge in [-0.1, -0.05) is 34.8 Å². The average Bonchev–Trinajstić information content (AvgIpc) is 2.37. The van der Waals surface area contributed by atoms with Crippen LogP contribution in [0.4, 0.5) is 0 Å². The largest absolute Gasteiger partial charge is 0.482 e. The Hall–Kier alpha value is -0.680. The van der Waals surface area contributed by atoms with Gasteiger partial charge in [0.25, 0.3) is 5.91 Å². The molecule has 2 N–H and O–H groups in total. The standard InChI is InChI=1S/C12H15Cl3N2O2/c1-16-3-2-4-17-12(18)7-19-11-6-9(14)8(13)5-10(11)15/h5-6,16H,2-4,7H2,1H3,(H,17,18). The Labute approximate surface area is 127 Å². The number of amides is 1. The van der Waals surface area contributed by atoms with E-state index in [0.29, 0.717) is 27.4 Å². The van der Waals surface area contributed by atoms with Gasteiger partial charge in [0.2, 0.25) is 0 Å². The van der Waals surface area contributed by atoms with Crippen molar-refractivity contribution in [3.05, 3.63) is 27.2 Å². The first-order valence-electron chi connectivity index (χ1n) is 5.73. The molecule has 0 saturated carbocycles. The summed E-state index contributed by atoms with van der Waals surface area (Å²) >= 11 is 17.6. The van der Waals surface area contributed by atoms with Crippen LogP contribution in [0.3, 0.4) is 0 Å². The molecule has 19 heavy (non-hydrogen) atoms. The zero-order chi connectivity index (χ0) is 14.3. The van der Waals surface area contributed by atoms with Crippen molar-refractivity contribution in [1.29, 1.82) is 0 Å². The van der Waals surface area contributed by atoms with Crippen molar-refractivity contribution in [1.82, 2.24) is 10.6 Å². The molecule has 1 aromatic carbocycles. The van der Waals surface area contributed by atoms with Gasteiger partial charge in [0.1, 0.15) is 5.75 Å². The van der Waals surface area contributed by atoms with Gasteiger partial charge >= 0.3 is 0 Å². The second-order valence-corrected chi connectivity index (χ2v) is 5.01. The smallest absolute Gasteiger partial charge is 0.257 e. The van der Waals surface area contributed by atoms with E-state index in [1.54, 1.807) is 0 Å². The summed E-state index contributed by atoms with van der Waals surface area (Å²) in [6.45, 7) is 1.33. The van der Waals surface area contributed by atoms with Crippen LogP contribution in [0, 0.1) is 0 Å². The van der Waals surface area contributed by atoms with Gasteiger partial charge in [-0.3, -0.25) is 4.79 Å². The first-order valence-corrected chi connectivity index (χ1v) is 6.86. The van der Waals surface area contributed by atoms with E-state index in [-0.39, 0.29) is 12.5 Å². The summed E-state index contributed by atoms with van der Waals surface area (Å²) in [5, 5.41) is 6.71. The van der Waals surface area contributed by atoms with Gasteiger partial charge in [-0.2, -0.15) is 0 Å². The summed E-state index contributed by atoms with van der Waals surface area (Å²) in [5.74, 6) is 0.125. The predicted octanol–water partition coefficient (Wildman–Crippen LogP) is 2.75. The number of hydrogen-bond donors (Lipinski definition) is 2. The number of halogens is 3. The highest BCUT2D eigenvalue weighted by atomic mass is 35.5. The number of ether oxygens (including phenoxy) is 1. The molecule has 0 aromatic heterocycles. The molecule has 0 aliphatic heterocycles. The van der Waals surface area contributed by atoms with Gasteiger partial charge in [-0.05, 0) is 26.1 Å². The Balaban J connectivity index is 2.40. The van der Waals surface area contributed by atoms with Crippen molar-refractivity contribution in [2.75, 3.05) is 26.7 Å². The Morgan fingerprint density at radius 3 is 2.53 bits per heavy atom. The Morgan fingerprint density at radius 1 is 1.16 bits per heavy atom. The summed E-state index contributed by atoms with van der Waals surface area (Å²) in [4.78, 5) is 11.5. The van der Waals surface area contributed by atoms with Crippen molar-refractivity contribution in [2.24, 2.45) is 0 Å². The quantitative estimate of drug-likeness (QED) is 0.599. The molecule has 0 atom stereocenters. The minimum Gasteiger partial charge on any atom is -0.482 e. The van der Waals surface area contributed by atoms with E-state index in [0.717, 1.165) is 13.0 Å². The highest BCUT2D eigenvalue weighted by molar-refractivity contribution is 6.43. The summed E-state index contributed by atoms with van der Waals surface area (Å²) in [6.07, 6.45) is 0.857. The molecule has 7 heteroatoms. The van der Waals surface area contributed by atoms with Crippen molar-refractivity contribution in [2.45, 2.75) is 6.42 Å². The SMILES string of the molecule is CNCCCNC(=O)COc1cc(Cl)c(Cl)cc1Cl. The number of carbonyl (C=O) groups excluding carboxylic acids is 1. The lowest BCUT2D eigenvalue weighted by atomic mass is 10.3. The third-order valence-electron chi connectivity index (χ3n) is 2.26. The Kier molecular flexibility index (Phi) is 7.31. The topological polar surface area (TPSA) is 50.4 Å². The fraction of sp³-hybridized carbons (Fsp3) is 0.417. The maximum atomic E-state index is 11.5. The van der Waals surface area contributed by atoms with Crippen LogP contribution < -0.4 is 15.4 Å². The van der Waals surface area contributed by atoms with Crippen molar-refractivity contribution < 1.29 is 9.53 Å². The molecule has 1 rings (SSSR count). The van der Waals surface area contributed by atoms with Crippen LogP contribution in [0.25, 0.3) is 0 Å². The predicted molar refractivity (Wildman–Crippen MR) is 78.5 cm³/mol. The molecule has 0 saturated heterocycles. The molecule has 1 amide bonds. The van der Waals surface area contributed by atoms with Gasteiger partial charge in [0.15, 0.2) is 6.61 Å². The maximum absolute atomic E-state index is 11.5. The first-order chi connectivity index (χ1) is 9.04. The monoisotopic (exact) mass is 324 g/mol. The second-order valence-electron chi connectivity index (χ2n) is 3.79. The summed E-state index contributed by atoms with van der Waals surface area (Å²) < 4.78 is 5.29. The highest BCUT2D eigenvalue weighted by Crippen LogP contribution is 2.33. The number of hydrogen-bond acceptors (Lipinski definition) is 3. The molecule has 0 bridgehead atoms. The van der Waals surface area contributed by atoms with Crippen molar-refractivity contribution in [3.63, 3.8) is 0 Å². The van der Waals surface area contributed by atoms with Crippen LogP contribution in [0.5, 0.6) is 5.75 Å². The Bertz CT molecular complexity index is 441. The van der Waals surface area contributed by atoms with E-state index >= 15 is 0 Å². The van der Waals surface area contributed by atoms with Gasteiger partial charge in [-0.25, -0.2) is 0 Å². The van der Waals surface area contributed by atoms with Crippen LogP contribution in [-0.4, -0.2) is 32.7 Å². The number of nitrogens with one attached hydrogen (secondary N) is 2. The third-order valence-corrected chi connectivity index (χ3v) is 3.28. The van der Waals surface area contributed by atoms with Gasteiger partial charge in [0, 0.05) is 12.6 Å². The molecule has 4 nitrogen and oxygen atoms in total. The number of rotatable bonds is 7. The maximum Gasteiger partial charge on any atom is 0.257 e. The number of benzene rings is 1. The van der Waals surface area contributed by atoms with Crippen LogP contribution in [0.1, 0.15) is 6.42 Å². The van der Waals surface area contributed by atoms with Crippen molar-refractivity contribution >= 4 is 40.7 Å². The molecule has 0 spiro atoms. The lowest BCUT2D eigenvalue weighted by molar-refractivity contribution is -0.123. The molecule has 0 aliphatic carbocycles. The van der Waals surface area contributed by atoms with Gasteiger partial charge in [-0.15, -0.1) is 0 Å². The molecule has 0 heterocycles. The molecule has 0 radical (unpaired) electrons. The summed E-state index contributed by atoms with van der Waals surface area (Å²) in [5.41, 5.74) is 0. The average molecular weight is 326 g/mol. The Morgan fingerprint density at radius 2 is 1.84 bits per heavy atom. The number of carbonyl (C=O) groups is 1. The summed E-state index contributed by atoms with van der Waals surface area (Å²) in [7, 11) is 1.86. The molecule has 0 unspecified atom stereocenters. The molecular formula is C12H15Cl3N2O2. The minimum absolute atomic E-state index is 0.114. The normalized spacial score (nSPS) is 10.3. The lowest BCUT2D eigenvalue weighted by Gasteiger charge is -2.09. The van der Waals surface area contributed by atoms with Gasteiger partial charge in [0.05, 0.1) is 15.1 Å². The zero-order valence-electron chi connectivity index (χ0n) is 10.4. The van der Waals surface area contributed by atoms with Crippen LogP contribution in [0.15, 0.2) is 12.1 Å². The van der Waals surface area contributed by atoms with Crippen LogP contribution in [0.2, 0.25) is 15.1 Å². The van der Waals surface area contributed by atoms with E-state index in [1.807, 2.05) is 7.05 Å². The van der Waals surface area contributed by atoms with E-state index in [9.17, 15) is 4.79 Å².